The summed E-state index contributed by atoms with van der Waals surface area (Å²) in [5, 5.41) is 90.2. The molecular weight excluding hydrogens is 1810 g/mol. The van der Waals surface area contributed by atoms with Crippen molar-refractivity contribution < 1.29 is 206 Å². The van der Waals surface area contributed by atoms with Crippen molar-refractivity contribution in [1.29, 1.82) is 0 Å². The number of benzene rings is 2. The molecular formula is C78H132N12O29S2Y2. The Morgan fingerprint density at radius 2 is 0.520 bits per heavy atom. The average Bonchev–Trinajstić information content (AvgIpc) is 0.853. The minimum absolute atomic E-state index is 0. The van der Waals surface area contributed by atoms with Gasteiger partial charge in [-0.3, -0.25) is 77.6 Å². The van der Waals surface area contributed by atoms with E-state index in [0.29, 0.717) is 206 Å². The van der Waals surface area contributed by atoms with E-state index in [1.807, 2.05) is 48.5 Å². The number of hydrogen-bond donors (Lipinski definition) is 12. The zero-order valence-corrected chi connectivity index (χ0v) is 78.6. The SMILES string of the molecule is CCCOCCOCCOCCOCCOCCOCCNC(=S)Nc1ccc(CC2CN(CC(=O)O)CCN(CC(=O)O)CCN(CC(=O)O)CCN2CC(=O)O)cc1.COCCOCCOCCOCCOCCOCCOCCNC(=S)Nc1ccc(CC2CN(CC(=O)O)CCN(CC(=O)O)CCN(CC(=O)O)CCN2CC(=O)O)cc1.[Y].[Y]. The molecule has 2 aliphatic rings. The van der Waals surface area contributed by atoms with E-state index >= 15 is 0 Å². The molecule has 0 aromatic heterocycles. The second kappa shape index (κ2) is 75.9. The first-order valence-electron chi connectivity index (χ1n) is 40.7. The van der Waals surface area contributed by atoms with Crippen LogP contribution in [0, 0.1) is 0 Å². The molecule has 41 nitrogen and oxygen atoms in total. The number of thiocarbonyl (C=S) groups is 2. The Morgan fingerprint density at radius 3 is 0.756 bits per heavy atom. The molecule has 696 valence electrons. The summed E-state index contributed by atoms with van der Waals surface area (Å²) in [6.07, 6.45) is 1.72. The fourth-order valence-corrected chi connectivity index (χ4v) is 12.7. The molecule has 12 N–H and O–H groups in total. The van der Waals surface area contributed by atoms with Crippen molar-refractivity contribution >= 4 is 93.8 Å². The van der Waals surface area contributed by atoms with Gasteiger partial charge in [0.1, 0.15) is 0 Å². The first kappa shape index (κ1) is 116. The maximum atomic E-state index is 12.0. The van der Waals surface area contributed by atoms with E-state index in [1.165, 1.54) is 0 Å². The molecule has 0 spiro atoms. The molecule has 2 aliphatic heterocycles. The average molecular weight is 1940 g/mol. The van der Waals surface area contributed by atoms with Crippen LogP contribution in [-0.4, -0.2) is 479 Å². The number of methoxy groups -OCH3 is 1. The van der Waals surface area contributed by atoms with Crippen molar-refractivity contribution in [2.75, 3.05) is 340 Å². The van der Waals surface area contributed by atoms with Gasteiger partial charge in [-0.2, -0.15) is 0 Å². The predicted octanol–water partition coefficient (Wildman–Crippen LogP) is -0.861. The van der Waals surface area contributed by atoms with Crippen molar-refractivity contribution in [3.63, 3.8) is 0 Å². The summed E-state index contributed by atoms with van der Waals surface area (Å²) in [7, 11) is 1.63. The van der Waals surface area contributed by atoms with Gasteiger partial charge in [0.15, 0.2) is 10.2 Å². The minimum atomic E-state index is -1.08. The molecule has 0 amide bonds. The molecule has 2 unspecified atom stereocenters. The molecule has 0 aliphatic carbocycles. The summed E-state index contributed by atoms with van der Waals surface area (Å²) in [4.78, 5) is 108. The Labute approximate surface area is 781 Å². The number of carbonyl (C=O) groups is 8. The normalized spacial score (nSPS) is 16.1. The van der Waals surface area contributed by atoms with Gasteiger partial charge in [0, 0.05) is 207 Å². The molecule has 2 aromatic rings. The van der Waals surface area contributed by atoms with Gasteiger partial charge in [-0.1, -0.05) is 31.2 Å². The van der Waals surface area contributed by atoms with Crippen LogP contribution in [-0.2, 0) is 178 Å². The van der Waals surface area contributed by atoms with Gasteiger partial charge in [0.05, 0.1) is 211 Å². The first-order valence-corrected chi connectivity index (χ1v) is 41.5. The minimum Gasteiger partial charge on any atom is -0.480 e. The van der Waals surface area contributed by atoms with Crippen molar-refractivity contribution in [3.05, 3.63) is 59.7 Å². The summed E-state index contributed by atoms with van der Waals surface area (Å²) >= 11 is 10.9. The van der Waals surface area contributed by atoms with Crippen molar-refractivity contribution in [2.45, 2.75) is 38.3 Å². The van der Waals surface area contributed by atoms with Crippen molar-refractivity contribution in [3.8, 4) is 0 Å². The van der Waals surface area contributed by atoms with E-state index in [2.05, 4.69) is 28.2 Å². The van der Waals surface area contributed by atoms with Gasteiger partial charge in [-0.15, -0.1) is 0 Å². The second-order valence-corrected chi connectivity index (χ2v) is 28.7. The third-order valence-electron chi connectivity index (χ3n) is 18.1. The molecule has 2 saturated heterocycles. The second-order valence-electron chi connectivity index (χ2n) is 27.9. The fourth-order valence-electron chi connectivity index (χ4n) is 12.2. The Kier molecular flexibility index (Phi) is 71.5. The zero-order valence-electron chi connectivity index (χ0n) is 71.2. The molecule has 2 heterocycles. The molecule has 2 fully saturated rings. The number of hydrogen-bond acceptors (Lipinski definition) is 31. The Morgan fingerprint density at radius 1 is 0.309 bits per heavy atom. The third-order valence-corrected chi connectivity index (χ3v) is 18.6. The molecule has 0 bridgehead atoms. The maximum Gasteiger partial charge on any atom is 0.317 e. The summed E-state index contributed by atoms with van der Waals surface area (Å²) in [6.45, 7) is 15.7. The molecule has 0 saturated carbocycles. The molecule has 4 rings (SSSR count). The number of nitrogens with one attached hydrogen (secondary N) is 4. The number of rotatable bonds is 63. The van der Waals surface area contributed by atoms with Crippen LogP contribution in [0.4, 0.5) is 11.4 Å². The number of anilines is 2. The van der Waals surface area contributed by atoms with E-state index < -0.39 is 59.8 Å². The number of ether oxygens (including phenoxy) is 13. The van der Waals surface area contributed by atoms with E-state index in [-0.39, 0.29) is 209 Å². The van der Waals surface area contributed by atoms with Gasteiger partial charge in [-0.25, -0.2) is 0 Å². The Bertz CT molecular complexity index is 3170. The van der Waals surface area contributed by atoms with Crippen LogP contribution < -0.4 is 21.3 Å². The van der Waals surface area contributed by atoms with Crippen LogP contribution in [0.2, 0.25) is 0 Å². The quantitative estimate of drug-likeness (QED) is 0.0283. The monoisotopic (exact) mass is 1940 g/mol. The Balaban J connectivity index is 0.00000121. The number of carboxylic acid groups (broad SMARTS) is 8. The fraction of sp³-hybridized carbons (Fsp3) is 0.718. The largest absolute Gasteiger partial charge is 0.480 e. The van der Waals surface area contributed by atoms with E-state index in [4.69, 9.17) is 86.0 Å². The van der Waals surface area contributed by atoms with Crippen molar-refractivity contribution in [1.82, 2.24) is 49.8 Å². The van der Waals surface area contributed by atoms with Crippen LogP contribution in [0.3, 0.4) is 0 Å². The smallest absolute Gasteiger partial charge is 0.317 e. The van der Waals surface area contributed by atoms with Gasteiger partial charge in [-0.05, 0) is 79.1 Å². The van der Waals surface area contributed by atoms with Crippen LogP contribution in [0.25, 0.3) is 0 Å². The summed E-state index contributed by atoms with van der Waals surface area (Å²) in [6, 6.07) is 13.9. The molecule has 123 heavy (non-hydrogen) atoms. The van der Waals surface area contributed by atoms with Crippen LogP contribution >= 0.6 is 24.4 Å². The zero-order chi connectivity index (χ0) is 88.3. The van der Waals surface area contributed by atoms with Gasteiger partial charge in [0.25, 0.3) is 0 Å². The number of nitrogens with zero attached hydrogens (tertiary/aromatic N) is 8. The summed E-state index contributed by atoms with van der Waals surface area (Å²) in [5.74, 6) is -8.52. The van der Waals surface area contributed by atoms with Gasteiger partial charge < -0.3 is 124 Å². The predicted molar refractivity (Wildman–Crippen MR) is 451 cm³/mol. The van der Waals surface area contributed by atoms with E-state index in [9.17, 15) is 79.2 Å². The summed E-state index contributed by atoms with van der Waals surface area (Å²) in [5.41, 5.74) is 3.14. The number of carboxylic acids is 8. The van der Waals surface area contributed by atoms with Crippen LogP contribution in [0.15, 0.2) is 48.5 Å². The third kappa shape index (κ3) is 65.2. The van der Waals surface area contributed by atoms with E-state index in [0.717, 1.165) is 24.2 Å². The molecule has 2 radical (unpaired) electrons. The first-order chi connectivity index (χ1) is 58.4. The van der Waals surface area contributed by atoms with E-state index in [1.54, 1.807) is 46.3 Å². The topological polar surface area (TPSA) is 492 Å². The molecule has 2 aromatic carbocycles. The molecule has 45 heteroatoms. The van der Waals surface area contributed by atoms with Gasteiger partial charge in [0.2, 0.25) is 0 Å². The standard InChI is InChI=1S/C39H66N6O15S.C39H66N6O14S.2Y/c1-54-14-15-56-18-19-58-22-23-60-25-24-59-21-20-57-17-16-55-13-6-40-39(61)41-33-4-2-32(3-5-33)26-34-27-44(30-37(50)51)10-9-42(28-35(46)47)7-8-43(29-36(48)49)11-12-45(34)31-38(52)53;1-2-14-54-16-18-56-20-22-58-24-25-59-23-21-57-19-17-55-15-7-40-39(60)41-33-5-3-32(4-6-33)26-34-27-44(30-37(50)51)11-10-42(28-35(46)47)8-9-43(29-36(48)49)12-13-45(34)31-38(52)53;;/h2-5,34H,6-31H2,1H3,(H,46,47)(H,48,49)(H,50,51)(H,52,53)(H2,40,41,61);3-6,34H,2,7-31H2,1H3,(H,46,47)(H,48,49)(H,50,51)(H,52,53)(H2,40,41,60);;. The van der Waals surface area contributed by atoms with Crippen LogP contribution in [0.5, 0.6) is 0 Å². The van der Waals surface area contributed by atoms with Crippen LogP contribution in [0.1, 0.15) is 24.5 Å². The molecule has 2 atom stereocenters. The maximum absolute atomic E-state index is 12.0. The van der Waals surface area contributed by atoms with Gasteiger partial charge >= 0.3 is 47.8 Å². The number of aliphatic carboxylic acids is 8. The van der Waals surface area contributed by atoms with Crippen molar-refractivity contribution in [2.24, 2.45) is 0 Å². The summed E-state index contributed by atoms with van der Waals surface area (Å²) < 4.78 is 70.5. The Hall–Kier alpha value is -5.05.